The molecule has 0 radical (unpaired) electrons. The SMILES string of the molecule is CC1=CC=CC2=CC(C(C)Nc3ncnc4nc[nH]c34)=C(c3ccccc3)CN12. The predicted molar refractivity (Wildman–Crippen MR) is 116 cm³/mol. The zero-order chi connectivity index (χ0) is 19.8. The van der Waals surface area contributed by atoms with Crippen LogP contribution in [0.25, 0.3) is 16.7 Å². The monoisotopic (exact) mass is 382 g/mol. The number of H-pyrrole nitrogens is 1. The average molecular weight is 382 g/mol. The van der Waals surface area contributed by atoms with Gasteiger partial charge in [-0.2, -0.15) is 0 Å². The standard InChI is InChI=1S/C23H22N6/c1-15-7-6-10-18-11-19(20(12-29(15)18)17-8-4-3-5-9-17)16(2)28-23-21-22(25-13-24-21)26-14-27-23/h3-11,13-14,16H,12H2,1-2H3,(H2,24,25,26,27,28). The van der Waals surface area contributed by atoms with Crippen molar-refractivity contribution in [1.29, 1.82) is 0 Å². The summed E-state index contributed by atoms with van der Waals surface area (Å²) in [4.78, 5) is 18.4. The van der Waals surface area contributed by atoms with E-state index in [-0.39, 0.29) is 6.04 Å². The lowest BCUT2D eigenvalue weighted by molar-refractivity contribution is 0.482. The van der Waals surface area contributed by atoms with Crippen molar-refractivity contribution in [3.63, 3.8) is 0 Å². The lowest BCUT2D eigenvalue weighted by atomic mass is 9.90. The Morgan fingerprint density at radius 2 is 2.00 bits per heavy atom. The van der Waals surface area contributed by atoms with E-state index in [2.05, 4.69) is 98.6 Å². The summed E-state index contributed by atoms with van der Waals surface area (Å²) in [5.41, 5.74) is 7.76. The molecule has 0 fully saturated rings. The molecule has 144 valence electrons. The minimum Gasteiger partial charge on any atom is -0.362 e. The van der Waals surface area contributed by atoms with Crippen molar-refractivity contribution in [3.05, 3.63) is 89.8 Å². The van der Waals surface area contributed by atoms with Gasteiger partial charge in [-0.3, -0.25) is 0 Å². The van der Waals surface area contributed by atoms with Gasteiger partial charge in [-0.05, 0) is 48.8 Å². The number of hydrogen-bond acceptors (Lipinski definition) is 5. The van der Waals surface area contributed by atoms with E-state index < -0.39 is 0 Å². The Kier molecular flexibility index (Phi) is 4.24. The number of anilines is 1. The van der Waals surface area contributed by atoms with Crippen LogP contribution in [0.4, 0.5) is 5.82 Å². The normalized spacial score (nSPS) is 17.1. The first-order valence-corrected chi connectivity index (χ1v) is 9.74. The number of aromatic amines is 1. The van der Waals surface area contributed by atoms with Gasteiger partial charge in [0.2, 0.25) is 0 Å². The fourth-order valence-electron chi connectivity index (χ4n) is 3.95. The summed E-state index contributed by atoms with van der Waals surface area (Å²) in [7, 11) is 0. The molecule has 29 heavy (non-hydrogen) atoms. The first-order valence-electron chi connectivity index (χ1n) is 9.74. The van der Waals surface area contributed by atoms with Crippen LogP contribution < -0.4 is 5.32 Å². The highest BCUT2D eigenvalue weighted by atomic mass is 15.2. The second kappa shape index (κ2) is 7.05. The van der Waals surface area contributed by atoms with Crippen LogP contribution in [-0.2, 0) is 0 Å². The molecule has 6 heteroatoms. The highest BCUT2D eigenvalue weighted by Crippen LogP contribution is 2.34. The van der Waals surface area contributed by atoms with Crippen LogP contribution in [0.5, 0.6) is 0 Å². The second-order valence-electron chi connectivity index (χ2n) is 7.31. The maximum Gasteiger partial charge on any atom is 0.182 e. The summed E-state index contributed by atoms with van der Waals surface area (Å²) < 4.78 is 0. The van der Waals surface area contributed by atoms with E-state index in [1.165, 1.54) is 28.1 Å². The van der Waals surface area contributed by atoms with Gasteiger partial charge in [-0.1, -0.05) is 36.4 Å². The fourth-order valence-corrected chi connectivity index (χ4v) is 3.95. The first-order chi connectivity index (χ1) is 14.2. The van der Waals surface area contributed by atoms with Gasteiger partial charge in [0, 0.05) is 17.9 Å². The number of rotatable bonds is 4. The zero-order valence-corrected chi connectivity index (χ0v) is 16.4. The zero-order valence-electron chi connectivity index (χ0n) is 16.4. The van der Waals surface area contributed by atoms with Gasteiger partial charge in [0.15, 0.2) is 11.5 Å². The molecule has 2 aromatic heterocycles. The Hall–Kier alpha value is -3.67. The van der Waals surface area contributed by atoms with E-state index >= 15 is 0 Å². The van der Waals surface area contributed by atoms with Crippen LogP contribution in [0.15, 0.2) is 84.3 Å². The van der Waals surface area contributed by atoms with E-state index in [0.29, 0.717) is 5.65 Å². The van der Waals surface area contributed by atoms with Crippen LogP contribution in [0.1, 0.15) is 19.4 Å². The van der Waals surface area contributed by atoms with E-state index in [0.717, 1.165) is 17.9 Å². The Bertz CT molecular complexity index is 1180. The molecule has 1 aromatic carbocycles. The Morgan fingerprint density at radius 3 is 2.86 bits per heavy atom. The van der Waals surface area contributed by atoms with Crippen molar-refractivity contribution in [2.45, 2.75) is 19.9 Å². The van der Waals surface area contributed by atoms with Crippen molar-refractivity contribution < 1.29 is 0 Å². The Morgan fingerprint density at radius 1 is 1.14 bits per heavy atom. The van der Waals surface area contributed by atoms with Crippen molar-refractivity contribution in [2.24, 2.45) is 0 Å². The highest BCUT2D eigenvalue weighted by molar-refractivity contribution is 5.83. The molecule has 1 atom stereocenters. The van der Waals surface area contributed by atoms with Gasteiger partial charge in [0.1, 0.15) is 11.8 Å². The number of nitrogens with zero attached hydrogens (tertiary/aromatic N) is 4. The maximum atomic E-state index is 4.43. The molecule has 0 amide bonds. The van der Waals surface area contributed by atoms with Gasteiger partial charge >= 0.3 is 0 Å². The van der Waals surface area contributed by atoms with Crippen molar-refractivity contribution in [1.82, 2.24) is 24.8 Å². The molecule has 0 spiro atoms. The third-order valence-corrected chi connectivity index (χ3v) is 5.47. The molecule has 4 heterocycles. The van der Waals surface area contributed by atoms with E-state index in [1.807, 2.05) is 0 Å². The summed E-state index contributed by atoms with van der Waals surface area (Å²) in [6.07, 6.45) is 11.9. The quantitative estimate of drug-likeness (QED) is 0.705. The van der Waals surface area contributed by atoms with Crippen LogP contribution in [0, 0.1) is 0 Å². The molecule has 2 aliphatic heterocycles. The number of imidazole rings is 1. The largest absolute Gasteiger partial charge is 0.362 e. The number of benzene rings is 1. The van der Waals surface area contributed by atoms with Gasteiger partial charge in [0.25, 0.3) is 0 Å². The highest BCUT2D eigenvalue weighted by Gasteiger charge is 2.25. The molecule has 6 nitrogen and oxygen atoms in total. The summed E-state index contributed by atoms with van der Waals surface area (Å²) in [5.74, 6) is 0.760. The number of allylic oxidation sites excluding steroid dienone is 4. The van der Waals surface area contributed by atoms with Crippen LogP contribution >= 0.6 is 0 Å². The minimum absolute atomic E-state index is 0.0564. The molecule has 0 aliphatic carbocycles. The Labute approximate surface area is 169 Å². The molecule has 2 N–H and O–H groups in total. The molecule has 1 unspecified atom stereocenters. The summed E-state index contributed by atoms with van der Waals surface area (Å²) in [6, 6.07) is 10.7. The lowest BCUT2D eigenvalue weighted by Crippen LogP contribution is -2.31. The maximum absolute atomic E-state index is 4.43. The molecule has 0 saturated heterocycles. The predicted octanol–water partition coefficient (Wildman–Crippen LogP) is 4.28. The summed E-state index contributed by atoms with van der Waals surface area (Å²) in [6.45, 7) is 5.17. The second-order valence-corrected chi connectivity index (χ2v) is 7.31. The molecule has 0 bridgehead atoms. The van der Waals surface area contributed by atoms with Gasteiger partial charge < -0.3 is 15.2 Å². The fraction of sp³-hybridized carbons (Fsp3) is 0.174. The molecule has 5 rings (SSSR count). The van der Waals surface area contributed by atoms with Gasteiger partial charge in [-0.25, -0.2) is 15.0 Å². The van der Waals surface area contributed by atoms with Gasteiger partial charge in [0.05, 0.1) is 12.4 Å². The average Bonchev–Trinajstić information content (AvgIpc) is 3.24. The molecule has 3 aromatic rings. The van der Waals surface area contributed by atoms with Gasteiger partial charge in [-0.15, -0.1) is 0 Å². The third kappa shape index (κ3) is 3.12. The van der Waals surface area contributed by atoms with Crippen molar-refractivity contribution in [2.75, 3.05) is 11.9 Å². The van der Waals surface area contributed by atoms with Crippen LogP contribution in [0.3, 0.4) is 0 Å². The topological polar surface area (TPSA) is 69.7 Å². The number of fused-ring (bicyclic) bond motifs is 2. The number of hydrogen-bond donors (Lipinski definition) is 2. The van der Waals surface area contributed by atoms with Crippen molar-refractivity contribution >= 4 is 22.6 Å². The van der Waals surface area contributed by atoms with Crippen LogP contribution in [-0.4, -0.2) is 37.4 Å². The molecular formula is C23H22N6. The van der Waals surface area contributed by atoms with E-state index in [9.17, 15) is 0 Å². The number of aromatic nitrogens is 4. The van der Waals surface area contributed by atoms with E-state index in [4.69, 9.17) is 0 Å². The summed E-state index contributed by atoms with van der Waals surface area (Å²) >= 11 is 0. The van der Waals surface area contributed by atoms with Crippen molar-refractivity contribution in [3.8, 4) is 0 Å². The third-order valence-electron chi connectivity index (χ3n) is 5.47. The Balaban J connectivity index is 1.57. The smallest absolute Gasteiger partial charge is 0.182 e. The number of nitrogens with one attached hydrogen (secondary N) is 2. The minimum atomic E-state index is 0.0564. The molecule has 0 saturated carbocycles. The molecule has 2 aliphatic rings. The van der Waals surface area contributed by atoms with Crippen LogP contribution in [0.2, 0.25) is 0 Å². The molecular weight excluding hydrogens is 360 g/mol. The summed E-state index contributed by atoms with van der Waals surface area (Å²) in [5, 5.41) is 3.57. The first kappa shape index (κ1) is 17.4. The lowest BCUT2D eigenvalue weighted by Gasteiger charge is -2.36. The van der Waals surface area contributed by atoms with E-state index in [1.54, 1.807) is 12.7 Å².